The Bertz CT molecular complexity index is 1240. The minimum absolute atomic E-state index is 0.0592. The van der Waals surface area contributed by atoms with Gasteiger partial charge in [-0.1, -0.05) is 40.9 Å². The smallest absolute Gasteiger partial charge is 0.330 e. The van der Waals surface area contributed by atoms with Crippen LogP contribution in [0.3, 0.4) is 0 Å². The number of hydrogen-bond acceptors (Lipinski definition) is 4. The van der Waals surface area contributed by atoms with E-state index in [1.807, 2.05) is 0 Å². The third kappa shape index (κ3) is 6.03. The number of hydrogen-bond donors (Lipinski definition) is 0. The fourth-order valence-corrected chi connectivity index (χ4v) is 3.71. The molecule has 0 N–H and O–H groups in total. The molecular formula is C25H17Cl3FNO4. The van der Waals surface area contributed by atoms with Crippen LogP contribution >= 0.6 is 34.8 Å². The predicted octanol–water partition coefficient (Wildman–Crippen LogP) is 6.47. The number of nitrogens with zero attached hydrogens (tertiary/aromatic N) is 1. The average Bonchev–Trinajstić information content (AvgIpc) is 2.82. The van der Waals surface area contributed by atoms with Crippen molar-refractivity contribution in [3.63, 3.8) is 0 Å². The summed E-state index contributed by atoms with van der Waals surface area (Å²) in [5, 5.41) is 0.761. The van der Waals surface area contributed by atoms with Gasteiger partial charge in [-0.2, -0.15) is 0 Å². The van der Waals surface area contributed by atoms with Crippen LogP contribution in [0.15, 0.2) is 78.9 Å². The third-order valence-corrected chi connectivity index (χ3v) is 5.63. The van der Waals surface area contributed by atoms with Crippen molar-refractivity contribution in [2.24, 2.45) is 0 Å². The standard InChI is InChI=1S/C25H17Cl3FNO4/c1-34-23(32)13-12-22(31)30(19-9-6-17(27)7-10-19)24(20-11-8-18(29)14-21(20)28)25(33)15-2-4-16(26)5-3-15/h2-14,24H,1H3/b13-12+. The lowest BCUT2D eigenvalue weighted by Crippen LogP contribution is -2.38. The summed E-state index contributed by atoms with van der Waals surface area (Å²) in [6, 6.07) is 14.4. The Kier molecular flexibility index (Phi) is 8.45. The van der Waals surface area contributed by atoms with Crippen molar-refractivity contribution >= 4 is 58.1 Å². The van der Waals surface area contributed by atoms with Gasteiger partial charge in [-0.05, 0) is 60.7 Å². The van der Waals surface area contributed by atoms with Gasteiger partial charge in [0.15, 0.2) is 5.78 Å². The molecular weight excluding hydrogens is 504 g/mol. The summed E-state index contributed by atoms with van der Waals surface area (Å²) < 4.78 is 18.4. The minimum Gasteiger partial charge on any atom is -0.466 e. The van der Waals surface area contributed by atoms with Crippen LogP contribution in [0.25, 0.3) is 0 Å². The van der Waals surface area contributed by atoms with Gasteiger partial charge < -0.3 is 4.74 Å². The van der Waals surface area contributed by atoms with Crippen LogP contribution < -0.4 is 4.90 Å². The largest absolute Gasteiger partial charge is 0.466 e. The molecule has 0 saturated heterocycles. The number of methoxy groups -OCH3 is 1. The zero-order valence-corrected chi connectivity index (χ0v) is 19.9. The number of ketones is 1. The summed E-state index contributed by atoms with van der Waals surface area (Å²) in [6.07, 6.45) is 1.90. The highest BCUT2D eigenvalue weighted by Crippen LogP contribution is 2.35. The number of esters is 1. The Morgan fingerprint density at radius 3 is 2.03 bits per heavy atom. The van der Waals surface area contributed by atoms with Gasteiger partial charge in [-0.25, -0.2) is 9.18 Å². The lowest BCUT2D eigenvalue weighted by Gasteiger charge is -2.31. The van der Waals surface area contributed by atoms with Gasteiger partial charge in [0, 0.05) is 44.0 Å². The van der Waals surface area contributed by atoms with E-state index in [-0.39, 0.29) is 21.8 Å². The molecule has 5 nitrogen and oxygen atoms in total. The van der Waals surface area contributed by atoms with E-state index in [0.29, 0.717) is 10.0 Å². The van der Waals surface area contributed by atoms with Gasteiger partial charge in [-0.15, -0.1) is 0 Å². The second-order valence-corrected chi connectivity index (χ2v) is 8.26. The summed E-state index contributed by atoms with van der Waals surface area (Å²) >= 11 is 18.3. The Morgan fingerprint density at radius 2 is 1.47 bits per heavy atom. The van der Waals surface area contributed by atoms with E-state index in [9.17, 15) is 18.8 Å². The molecule has 1 amide bonds. The van der Waals surface area contributed by atoms with Crippen molar-refractivity contribution in [2.75, 3.05) is 12.0 Å². The maximum atomic E-state index is 13.8. The predicted molar refractivity (Wildman–Crippen MR) is 130 cm³/mol. The normalized spacial score (nSPS) is 11.8. The van der Waals surface area contributed by atoms with Crippen molar-refractivity contribution in [2.45, 2.75) is 6.04 Å². The topological polar surface area (TPSA) is 63.7 Å². The van der Waals surface area contributed by atoms with Crippen molar-refractivity contribution in [3.05, 3.63) is 111 Å². The number of anilines is 1. The van der Waals surface area contributed by atoms with E-state index < -0.39 is 29.5 Å². The number of halogens is 4. The Morgan fingerprint density at radius 1 is 0.882 bits per heavy atom. The molecule has 0 aliphatic heterocycles. The molecule has 1 unspecified atom stereocenters. The first-order valence-electron chi connectivity index (χ1n) is 9.80. The molecule has 1 atom stereocenters. The molecule has 0 aliphatic carbocycles. The summed E-state index contributed by atoms with van der Waals surface area (Å²) in [5.74, 6) is -2.61. The number of ether oxygens (including phenoxy) is 1. The zero-order chi connectivity index (χ0) is 24.8. The molecule has 174 valence electrons. The summed E-state index contributed by atoms with van der Waals surface area (Å²) in [5.41, 5.74) is 0.702. The molecule has 3 aromatic rings. The number of rotatable bonds is 7. The number of amides is 1. The molecule has 0 heterocycles. The van der Waals surface area contributed by atoms with Crippen molar-refractivity contribution in [1.82, 2.24) is 0 Å². The maximum absolute atomic E-state index is 13.8. The Balaban J connectivity index is 2.23. The SMILES string of the molecule is COC(=O)/C=C/C(=O)N(c1ccc(Cl)cc1)C(C(=O)c1ccc(Cl)cc1)c1ccc(F)cc1Cl. The Labute approximate surface area is 210 Å². The fraction of sp³-hybridized carbons (Fsp3) is 0.0800. The molecule has 0 bridgehead atoms. The molecule has 34 heavy (non-hydrogen) atoms. The third-order valence-electron chi connectivity index (χ3n) is 4.80. The van der Waals surface area contributed by atoms with Crippen LogP contribution in [0, 0.1) is 5.82 Å². The molecule has 0 saturated carbocycles. The van der Waals surface area contributed by atoms with Crippen molar-refractivity contribution in [3.8, 4) is 0 Å². The number of Topliss-reactive ketones (excluding diaryl/α,β-unsaturated/α-hetero) is 1. The van der Waals surface area contributed by atoms with Crippen LogP contribution in [0.2, 0.25) is 15.1 Å². The van der Waals surface area contributed by atoms with Gasteiger partial charge in [-0.3, -0.25) is 14.5 Å². The summed E-state index contributed by atoms with van der Waals surface area (Å²) in [7, 11) is 1.17. The van der Waals surface area contributed by atoms with Crippen LogP contribution in [0.4, 0.5) is 10.1 Å². The van der Waals surface area contributed by atoms with E-state index in [2.05, 4.69) is 4.74 Å². The lowest BCUT2D eigenvalue weighted by atomic mass is 9.94. The van der Waals surface area contributed by atoms with Crippen LogP contribution in [-0.2, 0) is 14.3 Å². The van der Waals surface area contributed by atoms with E-state index in [4.69, 9.17) is 34.8 Å². The lowest BCUT2D eigenvalue weighted by molar-refractivity contribution is -0.135. The van der Waals surface area contributed by atoms with Crippen molar-refractivity contribution < 1.29 is 23.5 Å². The first-order valence-corrected chi connectivity index (χ1v) is 10.9. The highest BCUT2D eigenvalue weighted by Gasteiger charge is 2.34. The van der Waals surface area contributed by atoms with Crippen LogP contribution in [0.1, 0.15) is 22.0 Å². The molecule has 0 aliphatic rings. The first kappa shape index (κ1) is 25.4. The molecule has 0 fully saturated rings. The average molecular weight is 521 g/mol. The van der Waals surface area contributed by atoms with E-state index in [1.165, 1.54) is 61.7 Å². The maximum Gasteiger partial charge on any atom is 0.330 e. The number of carbonyl (C=O) groups excluding carboxylic acids is 3. The van der Waals surface area contributed by atoms with Crippen molar-refractivity contribution in [1.29, 1.82) is 0 Å². The summed E-state index contributed by atoms with van der Waals surface area (Å²) in [4.78, 5) is 39.8. The molecule has 0 spiro atoms. The van der Waals surface area contributed by atoms with Gasteiger partial charge in [0.1, 0.15) is 11.9 Å². The molecule has 3 rings (SSSR count). The van der Waals surface area contributed by atoms with Gasteiger partial charge in [0.25, 0.3) is 5.91 Å². The van der Waals surface area contributed by atoms with Crippen LogP contribution in [0.5, 0.6) is 0 Å². The fourth-order valence-electron chi connectivity index (χ4n) is 3.19. The highest BCUT2D eigenvalue weighted by atomic mass is 35.5. The van der Waals surface area contributed by atoms with Crippen LogP contribution in [-0.4, -0.2) is 24.8 Å². The van der Waals surface area contributed by atoms with Gasteiger partial charge >= 0.3 is 5.97 Å². The molecule has 0 radical (unpaired) electrons. The number of benzene rings is 3. The zero-order valence-electron chi connectivity index (χ0n) is 17.7. The van der Waals surface area contributed by atoms with E-state index >= 15 is 0 Å². The second-order valence-electron chi connectivity index (χ2n) is 6.98. The van der Waals surface area contributed by atoms with E-state index in [0.717, 1.165) is 29.2 Å². The number of carbonyl (C=O) groups is 3. The molecule has 3 aromatic carbocycles. The first-order chi connectivity index (χ1) is 16.2. The van der Waals surface area contributed by atoms with E-state index in [1.54, 1.807) is 0 Å². The molecule has 9 heteroatoms. The van der Waals surface area contributed by atoms with Gasteiger partial charge in [0.05, 0.1) is 7.11 Å². The quantitative estimate of drug-likeness (QED) is 0.203. The minimum atomic E-state index is -1.31. The highest BCUT2D eigenvalue weighted by molar-refractivity contribution is 6.32. The molecule has 0 aromatic heterocycles. The van der Waals surface area contributed by atoms with Gasteiger partial charge in [0.2, 0.25) is 0 Å². The summed E-state index contributed by atoms with van der Waals surface area (Å²) in [6.45, 7) is 0. The monoisotopic (exact) mass is 519 g/mol. The Hall–Kier alpha value is -3.19. The second kappa shape index (κ2) is 11.3.